The molecule has 0 spiro atoms. The van der Waals surface area contributed by atoms with E-state index in [1.54, 1.807) is 20.8 Å². The summed E-state index contributed by atoms with van der Waals surface area (Å²) in [7, 11) is 0. The van der Waals surface area contributed by atoms with E-state index in [1.807, 2.05) is 0 Å². The predicted octanol–water partition coefficient (Wildman–Crippen LogP) is 2.18. The van der Waals surface area contributed by atoms with E-state index in [9.17, 15) is 13.6 Å². The fourth-order valence-corrected chi connectivity index (χ4v) is 0.913. The SMILES string of the molecule is CC(Cl)C(C)(C)NC(=O)CCOCC(F)F. The van der Waals surface area contributed by atoms with Gasteiger partial charge in [-0.3, -0.25) is 4.79 Å². The Hall–Kier alpha value is -0.420. The number of ether oxygens (including phenoxy) is 1. The minimum absolute atomic E-state index is 0.0110. The van der Waals surface area contributed by atoms with Crippen molar-refractivity contribution >= 4 is 17.5 Å². The molecule has 0 aliphatic rings. The molecule has 0 rings (SSSR count). The number of nitrogens with one attached hydrogen (secondary N) is 1. The third kappa shape index (κ3) is 6.95. The molecule has 6 heteroatoms. The first-order valence-electron chi connectivity index (χ1n) is 5.06. The van der Waals surface area contributed by atoms with Gasteiger partial charge in [0.2, 0.25) is 5.91 Å². The molecule has 0 aliphatic heterocycles. The number of hydrogen-bond donors (Lipinski definition) is 1. The minimum atomic E-state index is -2.50. The number of halogens is 3. The normalized spacial score (nSPS) is 13.9. The molecule has 0 bridgehead atoms. The summed E-state index contributed by atoms with van der Waals surface area (Å²) in [5, 5.41) is 2.48. The summed E-state index contributed by atoms with van der Waals surface area (Å²) < 4.78 is 28.0. The van der Waals surface area contributed by atoms with Crippen LogP contribution in [0.4, 0.5) is 8.78 Å². The van der Waals surface area contributed by atoms with Gasteiger partial charge in [-0.05, 0) is 20.8 Å². The molecule has 96 valence electrons. The number of alkyl halides is 3. The zero-order valence-electron chi connectivity index (χ0n) is 9.73. The molecule has 3 nitrogen and oxygen atoms in total. The van der Waals surface area contributed by atoms with Crippen LogP contribution >= 0.6 is 11.6 Å². The van der Waals surface area contributed by atoms with Crippen LogP contribution in [0, 0.1) is 0 Å². The Labute approximate surface area is 99.5 Å². The molecule has 1 amide bonds. The summed E-state index contributed by atoms with van der Waals surface area (Å²) in [6.45, 7) is 4.71. The lowest BCUT2D eigenvalue weighted by atomic mass is 10.0. The smallest absolute Gasteiger partial charge is 0.261 e. The standard InChI is InChI=1S/C10H18ClF2NO2/c1-7(11)10(2,3)14-9(15)4-5-16-6-8(12)13/h7-8H,4-6H2,1-3H3,(H,14,15). The van der Waals surface area contributed by atoms with Crippen LogP contribution in [0.2, 0.25) is 0 Å². The highest BCUT2D eigenvalue weighted by molar-refractivity contribution is 6.21. The Balaban J connectivity index is 3.75. The predicted molar refractivity (Wildman–Crippen MR) is 59.0 cm³/mol. The first kappa shape index (κ1) is 15.6. The summed E-state index contributed by atoms with van der Waals surface area (Å²) in [4.78, 5) is 11.4. The van der Waals surface area contributed by atoms with E-state index >= 15 is 0 Å². The van der Waals surface area contributed by atoms with Crippen molar-refractivity contribution in [2.75, 3.05) is 13.2 Å². The van der Waals surface area contributed by atoms with E-state index in [4.69, 9.17) is 11.6 Å². The fourth-order valence-electron chi connectivity index (χ4n) is 0.859. The van der Waals surface area contributed by atoms with Crippen LogP contribution in [0.1, 0.15) is 27.2 Å². The summed E-state index contributed by atoms with van der Waals surface area (Å²) >= 11 is 5.87. The quantitative estimate of drug-likeness (QED) is 0.561. The van der Waals surface area contributed by atoms with Crippen LogP contribution in [-0.4, -0.2) is 36.5 Å². The minimum Gasteiger partial charge on any atom is -0.375 e. The van der Waals surface area contributed by atoms with Gasteiger partial charge in [0.1, 0.15) is 6.61 Å². The van der Waals surface area contributed by atoms with Crippen molar-refractivity contribution < 1.29 is 18.3 Å². The maximum atomic E-state index is 11.7. The molecule has 0 aromatic heterocycles. The molecule has 0 radical (unpaired) electrons. The Kier molecular flexibility index (Phi) is 6.83. The van der Waals surface area contributed by atoms with Gasteiger partial charge in [-0.1, -0.05) is 0 Å². The van der Waals surface area contributed by atoms with Crippen LogP contribution in [0.3, 0.4) is 0 Å². The van der Waals surface area contributed by atoms with Gasteiger partial charge in [-0.15, -0.1) is 11.6 Å². The Morgan fingerprint density at radius 1 is 1.50 bits per heavy atom. The number of carbonyl (C=O) groups excluding carboxylic acids is 1. The second kappa shape index (κ2) is 7.01. The lowest BCUT2D eigenvalue weighted by Crippen LogP contribution is -2.49. The van der Waals surface area contributed by atoms with Gasteiger partial charge in [0.05, 0.1) is 17.5 Å². The van der Waals surface area contributed by atoms with E-state index in [0.29, 0.717) is 0 Å². The zero-order valence-corrected chi connectivity index (χ0v) is 10.5. The highest BCUT2D eigenvalue weighted by Crippen LogP contribution is 2.14. The zero-order chi connectivity index (χ0) is 12.8. The molecule has 0 saturated heterocycles. The molecule has 16 heavy (non-hydrogen) atoms. The van der Waals surface area contributed by atoms with Crippen LogP contribution in [0.15, 0.2) is 0 Å². The highest BCUT2D eigenvalue weighted by atomic mass is 35.5. The summed E-state index contributed by atoms with van der Waals surface area (Å²) in [6, 6.07) is 0. The van der Waals surface area contributed by atoms with Crippen molar-refractivity contribution in [3.8, 4) is 0 Å². The maximum Gasteiger partial charge on any atom is 0.261 e. The Morgan fingerprint density at radius 2 is 2.06 bits per heavy atom. The monoisotopic (exact) mass is 257 g/mol. The van der Waals surface area contributed by atoms with Gasteiger partial charge < -0.3 is 10.1 Å². The molecule has 0 aliphatic carbocycles. The third-order valence-electron chi connectivity index (χ3n) is 2.17. The Morgan fingerprint density at radius 3 is 2.50 bits per heavy atom. The second-order valence-corrected chi connectivity index (χ2v) is 4.76. The van der Waals surface area contributed by atoms with E-state index < -0.39 is 18.6 Å². The lowest BCUT2D eigenvalue weighted by Gasteiger charge is -2.28. The molecule has 0 saturated carbocycles. The van der Waals surface area contributed by atoms with E-state index in [0.717, 1.165) is 0 Å². The van der Waals surface area contributed by atoms with Crippen molar-refractivity contribution in [1.29, 1.82) is 0 Å². The van der Waals surface area contributed by atoms with Gasteiger partial charge >= 0.3 is 0 Å². The average Bonchev–Trinajstić information content (AvgIpc) is 2.11. The molecular formula is C10H18ClF2NO2. The van der Waals surface area contributed by atoms with Gasteiger partial charge in [-0.2, -0.15) is 0 Å². The van der Waals surface area contributed by atoms with Crippen LogP contribution in [0.5, 0.6) is 0 Å². The van der Waals surface area contributed by atoms with Gasteiger partial charge in [0.15, 0.2) is 0 Å². The number of amides is 1. The number of hydrogen-bond acceptors (Lipinski definition) is 2. The topological polar surface area (TPSA) is 38.3 Å². The van der Waals surface area contributed by atoms with Crippen LogP contribution in [0.25, 0.3) is 0 Å². The Bertz CT molecular complexity index is 223. The average molecular weight is 258 g/mol. The molecule has 0 fully saturated rings. The van der Waals surface area contributed by atoms with Gasteiger partial charge in [0, 0.05) is 6.42 Å². The van der Waals surface area contributed by atoms with Crippen LogP contribution < -0.4 is 5.32 Å². The van der Waals surface area contributed by atoms with E-state index in [2.05, 4.69) is 10.1 Å². The molecule has 1 N–H and O–H groups in total. The highest BCUT2D eigenvalue weighted by Gasteiger charge is 2.25. The van der Waals surface area contributed by atoms with E-state index in [1.165, 1.54) is 0 Å². The van der Waals surface area contributed by atoms with E-state index in [-0.39, 0.29) is 24.3 Å². The summed E-state index contributed by atoms with van der Waals surface area (Å²) in [5.74, 6) is -0.258. The van der Waals surface area contributed by atoms with Gasteiger partial charge in [-0.25, -0.2) is 8.78 Å². The maximum absolute atomic E-state index is 11.7. The lowest BCUT2D eigenvalue weighted by molar-refractivity contribution is -0.124. The van der Waals surface area contributed by atoms with Crippen molar-refractivity contribution in [2.45, 2.75) is 44.5 Å². The molecule has 0 heterocycles. The first-order valence-corrected chi connectivity index (χ1v) is 5.50. The molecule has 0 aromatic rings. The first-order chi connectivity index (χ1) is 7.25. The van der Waals surface area contributed by atoms with Gasteiger partial charge in [0.25, 0.3) is 6.43 Å². The number of rotatable bonds is 7. The van der Waals surface area contributed by atoms with Crippen molar-refractivity contribution in [2.24, 2.45) is 0 Å². The fraction of sp³-hybridized carbons (Fsp3) is 0.900. The molecular weight excluding hydrogens is 240 g/mol. The van der Waals surface area contributed by atoms with Crippen molar-refractivity contribution in [3.63, 3.8) is 0 Å². The van der Waals surface area contributed by atoms with Crippen molar-refractivity contribution in [3.05, 3.63) is 0 Å². The van der Waals surface area contributed by atoms with Crippen LogP contribution in [-0.2, 0) is 9.53 Å². The molecule has 0 aromatic carbocycles. The second-order valence-electron chi connectivity index (χ2n) is 4.10. The largest absolute Gasteiger partial charge is 0.375 e. The molecule has 1 atom stereocenters. The number of carbonyl (C=O) groups is 1. The third-order valence-corrected chi connectivity index (χ3v) is 2.72. The molecule has 1 unspecified atom stereocenters. The summed E-state index contributed by atoms with van der Waals surface area (Å²) in [5.41, 5.74) is -0.526. The van der Waals surface area contributed by atoms with Crippen molar-refractivity contribution in [1.82, 2.24) is 5.32 Å². The summed E-state index contributed by atoms with van der Waals surface area (Å²) in [6.07, 6.45) is -2.44.